The van der Waals surface area contributed by atoms with Crippen molar-refractivity contribution in [2.75, 3.05) is 0 Å². The third-order valence-electron chi connectivity index (χ3n) is 3.81. The first-order valence-electron chi connectivity index (χ1n) is 8.05. The van der Waals surface area contributed by atoms with E-state index in [1.54, 1.807) is 42.6 Å². The van der Waals surface area contributed by atoms with Crippen LogP contribution >= 0.6 is 15.9 Å². The maximum absolute atomic E-state index is 12.0. The number of para-hydroxylation sites is 1. The summed E-state index contributed by atoms with van der Waals surface area (Å²) in [6.45, 7) is 0. The van der Waals surface area contributed by atoms with E-state index < -0.39 is 5.91 Å². The van der Waals surface area contributed by atoms with Crippen molar-refractivity contribution in [3.63, 3.8) is 0 Å². The van der Waals surface area contributed by atoms with Gasteiger partial charge in [-0.2, -0.15) is 5.10 Å². The fraction of sp³-hybridized carbons (Fsp3) is 0.0500. The van der Waals surface area contributed by atoms with Crippen molar-refractivity contribution in [1.82, 2.24) is 10.4 Å². The van der Waals surface area contributed by atoms with Crippen molar-refractivity contribution in [3.8, 4) is 11.5 Å². The molecule has 0 bridgehead atoms. The lowest BCUT2D eigenvalue weighted by atomic mass is 10.0. The summed E-state index contributed by atoms with van der Waals surface area (Å²) in [5, 5.41) is 23.8. The average Bonchev–Trinajstić information content (AvgIpc) is 2.66. The van der Waals surface area contributed by atoms with Gasteiger partial charge in [0.2, 0.25) is 0 Å². The molecule has 7 heteroatoms. The molecule has 0 saturated heterocycles. The number of phenolic OH excluding ortho intramolecular Hbond substituents is 2. The number of phenols is 2. The van der Waals surface area contributed by atoms with E-state index in [2.05, 4.69) is 31.4 Å². The lowest BCUT2D eigenvalue weighted by Crippen LogP contribution is -2.17. The molecular formula is C20H16BrN3O3. The van der Waals surface area contributed by atoms with E-state index in [-0.39, 0.29) is 11.5 Å². The molecule has 6 nitrogen and oxygen atoms in total. The molecule has 1 aromatic heterocycles. The number of pyridine rings is 1. The highest BCUT2D eigenvalue weighted by atomic mass is 79.9. The highest BCUT2D eigenvalue weighted by molar-refractivity contribution is 9.10. The third kappa shape index (κ3) is 4.92. The number of carbonyl (C=O) groups excluding carboxylic acids is 1. The van der Waals surface area contributed by atoms with Crippen molar-refractivity contribution in [1.29, 1.82) is 0 Å². The Labute approximate surface area is 164 Å². The standard InChI is InChI=1S/C20H16BrN3O3/c21-17-9-16(10-22-12-17)20(27)24-23-11-15-8-13(5-6-19(15)26)7-14-3-1-2-4-18(14)25/h1-6,8-12,25-26H,7H2,(H,24,27)/b23-11-. The molecule has 27 heavy (non-hydrogen) atoms. The maximum atomic E-state index is 12.0. The summed E-state index contributed by atoms with van der Waals surface area (Å²) < 4.78 is 0.689. The first-order chi connectivity index (χ1) is 13.0. The number of carbonyl (C=O) groups is 1. The molecule has 0 radical (unpaired) electrons. The summed E-state index contributed by atoms with van der Waals surface area (Å²) in [7, 11) is 0. The Hall–Kier alpha value is -3.19. The zero-order valence-electron chi connectivity index (χ0n) is 14.1. The second kappa shape index (κ2) is 8.46. The zero-order chi connectivity index (χ0) is 19.2. The Bertz CT molecular complexity index is 1010. The van der Waals surface area contributed by atoms with Gasteiger partial charge in [-0.1, -0.05) is 24.3 Å². The number of hydrogen-bond acceptors (Lipinski definition) is 5. The van der Waals surface area contributed by atoms with Crippen LogP contribution < -0.4 is 5.43 Å². The fourth-order valence-corrected chi connectivity index (χ4v) is 2.82. The Morgan fingerprint density at radius 1 is 1.11 bits per heavy atom. The van der Waals surface area contributed by atoms with E-state index in [0.717, 1.165) is 11.1 Å². The number of hydrogen-bond donors (Lipinski definition) is 3. The van der Waals surface area contributed by atoms with Crippen LogP contribution in [-0.2, 0) is 6.42 Å². The quantitative estimate of drug-likeness (QED) is 0.429. The van der Waals surface area contributed by atoms with Gasteiger partial charge in [-0.3, -0.25) is 9.78 Å². The van der Waals surface area contributed by atoms with Crippen molar-refractivity contribution in [2.24, 2.45) is 5.10 Å². The van der Waals surface area contributed by atoms with Crippen LogP contribution in [0.2, 0.25) is 0 Å². The predicted octanol–water partition coefficient (Wildman–Crippen LogP) is 3.61. The summed E-state index contributed by atoms with van der Waals surface area (Å²) in [4.78, 5) is 16.0. The average molecular weight is 426 g/mol. The summed E-state index contributed by atoms with van der Waals surface area (Å²) >= 11 is 3.25. The molecule has 1 amide bonds. The lowest BCUT2D eigenvalue weighted by Gasteiger charge is -2.07. The smallest absolute Gasteiger partial charge is 0.272 e. The molecule has 0 saturated carbocycles. The number of amides is 1. The molecule has 2 aromatic carbocycles. The number of rotatable bonds is 5. The van der Waals surface area contributed by atoms with Gasteiger partial charge in [0, 0.05) is 28.9 Å². The molecule has 3 aromatic rings. The van der Waals surface area contributed by atoms with Crippen molar-refractivity contribution < 1.29 is 15.0 Å². The largest absolute Gasteiger partial charge is 0.508 e. The summed E-state index contributed by atoms with van der Waals surface area (Å²) in [6.07, 6.45) is 4.88. The predicted molar refractivity (Wildman–Crippen MR) is 106 cm³/mol. The van der Waals surface area contributed by atoms with Crippen LogP contribution in [0, 0.1) is 0 Å². The van der Waals surface area contributed by atoms with Gasteiger partial charge in [0.15, 0.2) is 0 Å². The van der Waals surface area contributed by atoms with E-state index in [1.807, 2.05) is 12.1 Å². The molecule has 3 N–H and O–H groups in total. The van der Waals surface area contributed by atoms with E-state index in [1.165, 1.54) is 12.4 Å². The Morgan fingerprint density at radius 3 is 2.70 bits per heavy atom. The Balaban J connectivity index is 1.72. The molecule has 136 valence electrons. The third-order valence-corrected chi connectivity index (χ3v) is 4.25. The molecule has 0 aliphatic rings. The van der Waals surface area contributed by atoms with Crippen molar-refractivity contribution >= 4 is 28.1 Å². The van der Waals surface area contributed by atoms with Crippen molar-refractivity contribution in [3.05, 3.63) is 87.7 Å². The second-order valence-corrected chi connectivity index (χ2v) is 6.71. The second-order valence-electron chi connectivity index (χ2n) is 5.79. The molecule has 0 aliphatic heterocycles. The normalized spacial score (nSPS) is 10.9. The van der Waals surface area contributed by atoms with Crippen LogP contribution in [0.1, 0.15) is 27.0 Å². The van der Waals surface area contributed by atoms with E-state index in [0.29, 0.717) is 22.0 Å². The van der Waals surface area contributed by atoms with E-state index in [4.69, 9.17) is 0 Å². The highest BCUT2D eigenvalue weighted by Crippen LogP contribution is 2.23. The summed E-state index contributed by atoms with van der Waals surface area (Å²) in [5.41, 5.74) is 4.88. The monoisotopic (exact) mass is 425 g/mol. The number of nitrogens with one attached hydrogen (secondary N) is 1. The van der Waals surface area contributed by atoms with Crippen LogP contribution in [-0.4, -0.2) is 27.3 Å². The molecule has 0 spiro atoms. The van der Waals surface area contributed by atoms with Crippen LogP contribution in [0.5, 0.6) is 11.5 Å². The minimum atomic E-state index is -0.412. The van der Waals surface area contributed by atoms with E-state index in [9.17, 15) is 15.0 Å². The first kappa shape index (κ1) is 18.6. The van der Waals surface area contributed by atoms with Crippen LogP contribution in [0.4, 0.5) is 0 Å². The molecule has 0 aliphatic carbocycles. The molecular weight excluding hydrogens is 410 g/mol. The Morgan fingerprint density at radius 2 is 1.93 bits per heavy atom. The van der Waals surface area contributed by atoms with Gasteiger partial charge in [-0.15, -0.1) is 0 Å². The van der Waals surface area contributed by atoms with Crippen LogP contribution in [0.25, 0.3) is 0 Å². The van der Waals surface area contributed by atoms with Gasteiger partial charge >= 0.3 is 0 Å². The SMILES string of the molecule is O=C(N/N=C\c1cc(Cc2ccccc2O)ccc1O)c1cncc(Br)c1. The van der Waals surface area contributed by atoms with Crippen molar-refractivity contribution in [2.45, 2.75) is 6.42 Å². The maximum Gasteiger partial charge on any atom is 0.272 e. The highest BCUT2D eigenvalue weighted by Gasteiger charge is 2.07. The van der Waals surface area contributed by atoms with Gasteiger partial charge in [-0.05, 0) is 51.3 Å². The van der Waals surface area contributed by atoms with Gasteiger partial charge in [-0.25, -0.2) is 5.43 Å². The van der Waals surface area contributed by atoms with E-state index >= 15 is 0 Å². The van der Waals surface area contributed by atoms with Crippen LogP contribution in [0.3, 0.4) is 0 Å². The topological polar surface area (TPSA) is 94.8 Å². The van der Waals surface area contributed by atoms with Gasteiger partial charge < -0.3 is 10.2 Å². The molecule has 1 heterocycles. The molecule has 0 atom stereocenters. The summed E-state index contributed by atoms with van der Waals surface area (Å²) in [5.74, 6) is -0.154. The summed E-state index contributed by atoms with van der Waals surface area (Å²) in [6, 6.07) is 13.8. The number of aromatic hydroxyl groups is 2. The van der Waals surface area contributed by atoms with Gasteiger partial charge in [0.1, 0.15) is 11.5 Å². The number of nitrogens with zero attached hydrogens (tertiary/aromatic N) is 2. The first-order valence-corrected chi connectivity index (χ1v) is 8.85. The van der Waals surface area contributed by atoms with Gasteiger partial charge in [0.25, 0.3) is 5.91 Å². The lowest BCUT2D eigenvalue weighted by molar-refractivity contribution is 0.0954. The number of hydrazone groups is 1. The molecule has 3 rings (SSSR count). The Kier molecular flexibility index (Phi) is 5.83. The zero-order valence-corrected chi connectivity index (χ0v) is 15.7. The number of halogens is 1. The minimum absolute atomic E-state index is 0.0400. The number of aromatic nitrogens is 1. The van der Waals surface area contributed by atoms with Crippen LogP contribution in [0.15, 0.2) is 70.5 Å². The minimum Gasteiger partial charge on any atom is -0.508 e. The van der Waals surface area contributed by atoms with Gasteiger partial charge in [0.05, 0.1) is 11.8 Å². The fourth-order valence-electron chi connectivity index (χ4n) is 2.46. The number of benzene rings is 2. The molecule has 0 fully saturated rings. The molecule has 0 unspecified atom stereocenters.